The number of hydrogen-bond acceptors (Lipinski definition) is 3. The number of hydrogen-bond donors (Lipinski definition) is 0. The highest BCUT2D eigenvalue weighted by molar-refractivity contribution is 5.95. The van der Waals surface area contributed by atoms with Crippen LogP contribution in [0.3, 0.4) is 0 Å². The van der Waals surface area contributed by atoms with Crippen LogP contribution in [0.5, 0.6) is 0 Å². The molecule has 4 heteroatoms. The first-order chi connectivity index (χ1) is 8.70. The zero-order valence-corrected chi connectivity index (χ0v) is 9.92. The number of pyridine rings is 1. The third kappa shape index (κ3) is 1.43. The van der Waals surface area contributed by atoms with Gasteiger partial charge in [0.1, 0.15) is 12.6 Å². The Morgan fingerprint density at radius 1 is 1.39 bits per heavy atom. The van der Waals surface area contributed by atoms with E-state index >= 15 is 0 Å². The summed E-state index contributed by atoms with van der Waals surface area (Å²) in [6, 6.07) is 7.49. The van der Waals surface area contributed by atoms with Crippen LogP contribution in [-0.4, -0.2) is 20.9 Å². The quantitative estimate of drug-likeness (QED) is 0.644. The van der Waals surface area contributed by atoms with Gasteiger partial charge in [-0.2, -0.15) is 5.10 Å². The Morgan fingerprint density at radius 3 is 2.94 bits per heavy atom. The average Bonchev–Trinajstić information content (AvgIpc) is 2.85. The molecule has 1 aromatic carbocycles. The van der Waals surface area contributed by atoms with Gasteiger partial charge in [-0.15, -0.1) is 0 Å². The lowest BCUT2D eigenvalue weighted by Gasteiger charge is -2.08. The van der Waals surface area contributed by atoms with E-state index in [0.717, 1.165) is 34.0 Å². The van der Waals surface area contributed by atoms with Gasteiger partial charge >= 0.3 is 0 Å². The van der Waals surface area contributed by atoms with E-state index in [1.165, 1.54) is 6.33 Å². The number of fused-ring (bicyclic) bond motifs is 3. The van der Waals surface area contributed by atoms with E-state index in [0.29, 0.717) is 5.56 Å². The summed E-state index contributed by atoms with van der Waals surface area (Å²) in [6.07, 6.45) is 2.33. The number of allylic oxidation sites excluding steroid dienone is 1. The number of aldehydes is 1. The molecule has 0 spiro atoms. The van der Waals surface area contributed by atoms with Gasteiger partial charge < -0.3 is 0 Å². The number of benzene rings is 1. The molecule has 4 nitrogen and oxygen atoms in total. The molecule has 0 amide bonds. The van der Waals surface area contributed by atoms with E-state index in [-0.39, 0.29) is 0 Å². The maximum atomic E-state index is 10.9. The first-order valence-electron chi connectivity index (χ1n) is 5.58. The van der Waals surface area contributed by atoms with Crippen molar-refractivity contribution < 1.29 is 4.79 Å². The van der Waals surface area contributed by atoms with E-state index in [4.69, 9.17) is 0 Å². The highest BCUT2D eigenvalue weighted by Gasteiger charge is 2.09. The highest BCUT2D eigenvalue weighted by Crippen LogP contribution is 2.26. The molecule has 3 aromatic rings. The minimum Gasteiger partial charge on any atom is -0.298 e. The van der Waals surface area contributed by atoms with Crippen LogP contribution in [0.2, 0.25) is 0 Å². The Kier molecular flexibility index (Phi) is 2.23. The first kappa shape index (κ1) is 10.7. The second-order valence-electron chi connectivity index (χ2n) is 4.26. The number of carbonyl (C=O) groups is 1. The largest absolute Gasteiger partial charge is 0.298 e. The van der Waals surface area contributed by atoms with Gasteiger partial charge in [-0.1, -0.05) is 24.3 Å². The van der Waals surface area contributed by atoms with Crippen molar-refractivity contribution in [3.63, 3.8) is 0 Å². The van der Waals surface area contributed by atoms with E-state index in [1.807, 2.05) is 25.1 Å². The maximum absolute atomic E-state index is 10.9. The Hall–Kier alpha value is -2.49. The van der Waals surface area contributed by atoms with Crippen LogP contribution in [-0.2, 0) is 0 Å². The third-order valence-corrected chi connectivity index (χ3v) is 2.98. The summed E-state index contributed by atoms with van der Waals surface area (Å²) < 4.78 is 1.73. The molecular weight excluding hydrogens is 226 g/mol. The Bertz CT molecular complexity index is 786. The van der Waals surface area contributed by atoms with Gasteiger partial charge in [0.15, 0.2) is 5.65 Å². The van der Waals surface area contributed by atoms with Crippen molar-refractivity contribution in [1.29, 1.82) is 0 Å². The minimum absolute atomic E-state index is 0.623. The van der Waals surface area contributed by atoms with Crippen molar-refractivity contribution in [2.45, 2.75) is 6.92 Å². The van der Waals surface area contributed by atoms with E-state index < -0.39 is 0 Å². The molecule has 0 atom stereocenters. The summed E-state index contributed by atoms with van der Waals surface area (Å²) in [6.45, 7) is 5.94. The second-order valence-corrected chi connectivity index (χ2v) is 4.26. The molecule has 88 valence electrons. The molecule has 2 heterocycles. The molecule has 3 rings (SSSR count). The number of aromatic nitrogens is 3. The van der Waals surface area contributed by atoms with Gasteiger partial charge in [0.25, 0.3) is 0 Å². The molecule has 0 saturated heterocycles. The monoisotopic (exact) mass is 237 g/mol. The summed E-state index contributed by atoms with van der Waals surface area (Å²) in [5, 5.41) is 5.20. The van der Waals surface area contributed by atoms with Crippen LogP contribution in [0.1, 0.15) is 22.8 Å². The van der Waals surface area contributed by atoms with Gasteiger partial charge in [0.2, 0.25) is 0 Å². The van der Waals surface area contributed by atoms with Crippen LogP contribution < -0.4 is 0 Å². The summed E-state index contributed by atoms with van der Waals surface area (Å²) in [7, 11) is 0. The van der Waals surface area contributed by atoms with Crippen LogP contribution in [0.4, 0.5) is 0 Å². The SMILES string of the molecule is C=C(C)c1cc2ncnn2c2cc(C=O)ccc12. The van der Waals surface area contributed by atoms with E-state index in [9.17, 15) is 4.79 Å². The van der Waals surface area contributed by atoms with Crippen molar-refractivity contribution in [1.82, 2.24) is 14.6 Å². The topological polar surface area (TPSA) is 47.3 Å². The standard InChI is InChI=1S/C14H11N3O/c1-9(2)12-6-14-15-8-16-17(14)13-5-10(7-18)3-4-11(12)13/h3-8H,1H2,2H3. The molecule has 0 N–H and O–H groups in total. The van der Waals surface area contributed by atoms with Crippen molar-refractivity contribution >= 4 is 28.4 Å². The van der Waals surface area contributed by atoms with E-state index in [1.54, 1.807) is 10.6 Å². The lowest BCUT2D eigenvalue weighted by molar-refractivity contribution is 0.112. The Balaban J connectivity index is 2.55. The normalized spacial score (nSPS) is 10.9. The molecule has 0 saturated carbocycles. The summed E-state index contributed by atoms with van der Waals surface area (Å²) in [5.41, 5.74) is 4.24. The van der Waals surface area contributed by atoms with Crippen molar-refractivity contribution in [2.24, 2.45) is 0 Å². The second kappa shape index (κ2) is 3.77. The lowest BCUT2D eigenvalue weighted by Crippen LogP contribution is -1.95. The third-order valence-electron chi connectivity index (χ3n) is 2.98. The number of nitrogens with zero attached hydrogens (tertiary/aromatic N) is 3. The smallest absolute Gasteiger partial charge is 0.156 e. The minimum atomic E-state index is 0.623. The fourth-order valence-corrected chi connectivity index (χ4v) is 2.12. The maximum Gasteiger partial charge on any atom is 0.156 e. The highest BCUT2D eigenvalue weighted by atomic mass is 16.1. The predicted molar refractivity (Wildman–Crippen MR) is 70.6 cm³/mol. The lowest BCUT2D eigenvalue weighted by atomic mass is 10.0. The Labute approximate surface area is 104 Å². The number of rotatable bonds is 2. The number of carbonyl (C=O) groups excluding carboxylic acids is 1. The van der Waals surface area contributed by atoms with Crippen molar-refractivity contribution in [2.75, 3.05) is 0 Å². The van der Waals surface area contributed by atoms with Crippen LogP contribution in [0.25, 0.3) is 22.1 Å². The molecule has 0 aliphatic carbocycles. The van der Waals surface area contributed by atoms with Crippen LogP contribution >= 0.6 is 0 Å². The molecule has 0 aliphatic heterocycles. The molecule has 18 heavy (non-hydrogen) atoms. The Morgan fingerprint density at radius 2 is 2.22 bits per heavy atom. The summed E-state index contributed by atoms with van der Waals surface area (Å²) in [5.74, 6) is 0. The van der Waals surface area contributed by atoms with Gasteiger partial charge in [-0.05, 0) is 24.6 Å². The molecule has 0 bridgehead atoms. The summed E-state index contributed by atoms with van der Waals surface area (Å²) >= 11 is 0. The molecule has 2 aromatic heterocycles. The fourth-order valence-electron chi connectivity index (χ4n) is 2.12. The molecule has 0 fully saturated rings. The predicted octanol–water partition coefficient (Wildman–Crippen LogP) is 2.73. The van der Waals surface area contributed by atoms with Crippen molar-refractivity contribution in [3.05, 3.63) is 48.3 Å². The van der Waals surface area contributed by atoms with E-state index in [2.05, 4.69) is 16.7 Å². The van der Waals surface area contributed by atoms with Crippen LogP contribution in [0.15, 0.2) is 37.2 Å². The molecule has 0 unspecified atom stereocenters. The molecular formula is C14H11N3O. The van der Waals surface area contributed by atoms with Gasteiger partial charge in [-0.25, -0.2) is 9.50 Å². The zero-order valence-electron chi connectivity index (χ0n) is 9.92. The fraction of sp³-hybridized carbons (Fsp3) is 0.0714. The van der Waals surface area contributed by atoms with Gasteiger partial charge in [0, 0.05) is 10.9 Å². The average molecular weight is 237 g/mol. The van der Waals surface area contributed by atoms with Gasteiger partial charge in [0.05, 0.1) is 5.52 Å². The molecule has 0 radical (unpaired) electrons. The first-order valence-corrected chi connectivity index (χ1v) is 5.58. The summed E-state index contributed by atoms with van der Waals surface area (Å²) in [4.78, 5) is 15.1. The van der Waals surface area contributed by atoms with Crippen LogP contribution in [0, 0.1) is 0 Å². The zero-order chi connectivity index (χ0) is 12.7. The van der Waals surface area contributed by atoms with Crippen molar-refractivity contribution in [3.8, 4) is 0 Å². The molecule has 0 aliphatic rings. The van der Waals surface area contributed by atoms with Gasteiger partial charge in [-0.3, -0.25) is 4.79 Å².